The molecule has 3 heterocycles. The molecule has 1 aliphatic carbocycles. The summed E-state index contributed by atoms with van der Waals surface area (Å²) in [5.74, 6) is -0.248. The van der Waals surface area contributed by atoms with Crippen LogP contribution in [0.5, 0.6) is 0 Å². The molecule has 1 aromatic carbocycles. The van der Waals surface area contributed by atoms with Gasteiger partial charge in [0.25, 0.3) is 11.5 Å². The summed E-state index contributed by atoms with van der Waals surface area (Å²) in [4.78, 5) is 21.9. The Hall–Kier alpha value is -2.36. The Kier molecular flexibility index (Phi) is 5.11. The first kappa shape index (κ1) is 21.5. The molecule has 0 bridgehead atoms. The van der Waals surface area contributed by atoms with Crippen molar-refractivity contribution in [2.45, 2.75) is 37.1 Å². The van der Waals surface area contributed by atoms with E-state index in [1.807, 2.05) is 0 Å². The zero-order valence-electron chi connectivity index (χ0n) is 16.2. The fourth-order valence-corrected chi connectivity index (χ4v) is 5.09. The average Bonchev–Trinajstić information content (AvgIpc) is 3.21. The molecule has 0 radical (unpaired) electrons. The molecule has 1 aliphatic heterocycles. The second-order valence-electron chi connectivity index (χ2n) is 7.72. The number of aromatic nitrogens is 1. The molecule has 2 aromatic heterocycles. The van der Waals surface area contributed by atoms with Crippen molar-refractivity contribution >= 4 is 56.2 Å². The number of carbonyl (C=O) groups excluding carboxylic acids is 1. The van der Waals surface area contributed by atoms with Gasteiger partial charge in [-0.15, -0.1) is 11.3 Å². The van der Waals surface area contributed by atoms with Gasteiger partial charge < -0.3 is 10.2 Å². The molecule has 3 aromatic rings. The van der Waals surface area contributed by atoms with Crippen LogP contribution in [-0.2, 0) is 10.4 Å². The third-order valence-corrected chi connectivity index (χ3v) is 6.82. The number of benzene rings is 1. The predicted molar refractivity (Wildman–Crippen MR) is 117 cm³/mol. The summed E-state index contributed by atoms with van der Waals surface area (Å²) < 4.78 is 43.4. The van der Waals surface area contributed by atoms with Gasteiger partial charge in [0.1, 0.15) is 5.71 Å². The van der Waals surface area contributed by atoms with E-state index in [0.717, 1.165) is 25.0 Å². The molecule has 5 rings (SSSR count). The summed E-state index contributed by atoms with van der Waals surface area (Å²) in [6.45, 7) is 0. The quantitative estimate of drug-likeness (QED) is 0.473. The maximum atomic E-state index is 14.2. The van der Waals surface area contributed by atoms with Crippen molar-refractivity contribution in [1.29, 1.82) is 0 Å². The molecule has 0 spiro atoms. The SMILES string of the molecule is O=C(NC1CC1)c1cnc(C2=NOC(c3cc(Cl)cc(Cl)c3)(C(F)(F)F)C2)c2ccsc12. The summed E-state index contributed by atoms with van der Waals surface area (Å²) in [6.07, 6.45) is -2.17. The van der Waals surface area contributed by atoms with Crippen molar-refractivity contribution < 1.29 is 22.8 Å². The molecule has 1 fully saturated rings. The first-order chi connectivity index (χ1) is 15.2. The van der Waals surface area contributed by atoms with Crippen LogP contribution in [0.3, 0.4) is 0 Å². The van der Waals surface area contributed by atoms with E-state index in [4.69, 9.17) is 28.0 Å². The van der Waals surface area contributed by atoms with Gasteiger partial charge in [0.2, 0.25) is 0 Å². The number of rotatable bonds is 4. The van der Waals surface area contributed by atoms with Crippen LogP contribution < -0.4 is 5.32 Å². The van der Waals surface area contributed by atoms with E-state index in [0.29, 0.717) is 15.6 Å². The molecule has 2 aliphatic rings. The number of nitrogens with one attached hydrogen (secondary N) is 1. The Morgan fingerprint density at radius 2 is 1.94 bits per heavy atom. The van der Waals surface area contributed by atoms with Crippen LogP contribution in [0.15, 0.2) is 41.0 Å². The summed E-state index contributed by atoms with van der Waals surface area (Å²) >= 11 is 13.2. The predicted octanol–water partition coefficient (Wildman–Crippen LogP) is 6.08. The number of halogens is 5. The first-order valence-electron chi connectivity index (χ1n) is 9.64. The minimum atomic E-state index is -4.80. The highest BCUT2D eigenvalue weighted by molar-refractivity contribution is 7.17. The largest absolute Gasteiger partial charge is 0.435 e. The number of thiophene rings is 1. The van der Waals surface area contributed by atoms with Crippen molar-refractivity contribution in [2.24, 2.45) is 5.16 Å². The Labute approximate surface area is 194 Å². The highest BCUT2D eigenvalue weighted by Gasteiger charge is 2.62. The molecular formula is C21H14Cl2F3N3O2S. The van der Waals surface area contributed by atoms with E-state index in [2.05, 4.69) is 15.5 Å². The number of carbonyl (C=O) groups is 1. The number of pyridine rings is 1. The second-order valence-corrected chi connectivity index (χ2v) is 9.51. The van der Waals surface area contributed by atoms with Gasteiger partial charge in [0.15, 0.2) is 0 Å². The second kappa shape index (κ2) is 7.60. The molecule has 1 N–H and O–H groups in total. The number of hydrogen-bond acceptors (Lipinski definition) is 5. The highest BCUT2D eigenvalue weighted by atomic mass is 35.5. The molecule has 166 valence electrons. The maximum absolute atomic E-state index is 14.2. The van der Waals surface area contributed by atoms with Gasteiger partial charge in [0, 0.05) is 33.2 Å². The standard InChI is InChI=1S/C21H14Cl2F3N3O2S/c22-11-5-10(6-12(23)7-11)20(21(24,25)26)8-16(29-31-20)17-14-3-4-32-18(14)15(9-27-17)19(30)28-13-1-2-13/h3-7,9,13H,1-2,8H2,(H,28,30). The van der Waals surface area contributed by atoms with E-state index >= 15 is 0 Å². The van der Waals surface area contributed by atoms with Gasteiger partial charge in [-0.25, -0.2) is 0 Å². The van der Waals surface area contributed by atoms with E-state index in [1.54, 1.807) is 11.4 Å². The highest BCUT2D eigenvalue weighted by Crippen LogP contribution is 2.50. The molecule has 1 amide bonds. The van der Waals surface area contributed by atoms with Crippen LogP contribution in [0.2, 0.25) is 10.0 Å². The van der Waals surface area contributed by atoms with Gasteiger partial charge in [-0.3, -0.25) is 9.78 Å². The third-order valence-electron chi connectivity index (χ3n) is 5.43. The van der Waals surface area contributed by atoms with Gasteiger partial charge in [-0.1, -0.05) is 28.4 Å². The summed E-state index contributed by atoms with van der Waals surface area (Å²) in [5.41, 5.74) is -2.35. The third kappa shape index (κ3) is 3.62. The number of hydrogen-bond donors (Lipinski definition) is 1. The Morgan fingerprint density at radius 3 is 2.59 bits per heavy atom. The smallest absolute Gasteiger partial charge is 0.374 e. The molecule has 1 unspecified atom stereocenters. The number of amides is 1. The maximum Gasteiger partial charge on any atom is 0.435 e. The number of oxime groups is 1. The van der Waals surface area contributed by atoms with E-state index in [9.17, 15) is 18.0 Å². The van der Waals surface area contributed by atoms with Crippen molar-refractivity contribution in [3.63, 3.8) is 0 Å². The lowest BCUT2D eigenvalue weighted by Crippen LogP contribution is -2.42. The summed E-state index contributed by atoms with van der Waals surface area (Å²) in [5, 5.41) is 9.09. The molecule has 5 nitrogen and oxygen atoms in total. The van der Waals surface area contributed by atoms with Gasteiger partial charge in [-0.2, -0.15) is 13.2 Å². The van der Waals surface area contributed by atoms with Crippen molar-refractivity contribution in [3.8, 4) is 0 Å². The molecule has 11 heteroatoms. The number of nitrogens with zero attached hydrogens (tertiary/aromatic N) is 2. The van der Waals surface area contributed by atoms with Gasteiger partial charge in [0.05, 0.1) is 22.4 Å². The Balaban J connectivity index is 1.54. The Morgan fingerprint density at radius 1 is 1.22 bits per heavy atom. The molecular weight excluding hydrogens is 486 g/mol. The first-order valence-corrected chi connectivity index (χ1v) is 11.3. The monoisotopic (exact) mass is 499 g/mol. The van der Waals surface area contributed by atoms with E-state index < -0.39 is 18.2 Å². The fraction of sp³-hybridized carbons (Fsp3) is 0.286. The molecule has 1 atom stereocenters. The average molecular weight is 500 g/mol. The van der Waals surface area contributed by atoms with Crippen LogP contribution in [0, 0.1) is 0 Å². The minimum Gasteiger partial charge on any atom is -0.374 e. The van der Waals surface area contributed by atoms with E-state index in [1.165, 1.54) is 23.6 Å². The van der Waals surface area contributed by atoms with Crippen LogP contribution in [0.1, 0.15) is 40.9 Å². The zero-order valence-corrected chi connectivity index (χ0v) is 18.5. The number of alkyl halides is 3. The normalized spacial score (nSPS) is 20.8. The molecule has 1 saturated carbocycles. The van der Waals surface area contributed by atoms with Crippen LogP contribution in [-0.4, -0.2) is 28.8 Å². The molecule has 0 saturated heterocycles. The van der Waals surface area contributed by atoms with Crippen molar-refractivity contribution in [1.82, 2.24) is 10.3 Å². The van der Waals surface area contributed by atoms with E-state index in [-0.39, 0.29) is 39.0 Å². The lowest BCUT2D eigenvalue weighted by Gasteiger charge is -2.29. The Bertz CT molecular complexity index is 1250. The fourth-order valence-electron chi connectivity index (χ4n) is 3.66. The van der Waals surface area contributed by atoms with Crippen LogP contribution in [0.4, 0.5) is 13.2 Å². The van der Waals surface area contributed by atoms with Crippen LogP contribution in [0.25, 0.3) is 10.1 Å². The topological polar surface area (TPSA) is 63.6 Å². The van der Waals surface area contributed by atoms with Crippen molar-refractivity contribution in [2.75, 3.05) is 0 Å². The van der Waals surface area contributed by atoms with Crippen molar-refractivity contribution in [3.05, 3.63) is 62.7 Å². The summed E-state index contributed by atoms with van der Waals surface area (Å²) in [6, 6.07) is 5.55. The molecule has 32 heavy (non-hydrogen) atoms. The summed E-state index contributed by atoms with van der Waals surface area (Å²) in [7, 11) is 0. The lowest BCUT2D eigenvalue weighted by atomic mass is 9.87. The van der Waals surface area contributed by atoms with Gasteiger partial charge >= 0.3 is 6.18 Å². The minimum absolute atomic E-state index is 0.0241. The lowest BCUT2D eigenvalue weighted by molar-refractivity contribution is -0.275. The van der Waals surface area contributed by atoms with Gasteiger partial charge in [-0.05, 0) is 42.5 Å². The van der Waals surface area contributed by atoms with Crippen LogP contribution >= 0.6 is 34.5 Å². The zero-order chi connectivity index (χ0) is 22.7. The number of fused-ring (bicyclic) bond motifs is 1.